The molecule has 116 valence electrons. The Kier molecular flexibility index (Phi) is 4.44. The smallest absolute Gasteiger partial charge is 0.185 e. The fourth-order valence-electron chi connectivity index (χ4n) is 2.33. The summed E-state index contributed by atoms with van der Waals surface area (Å²) >= 11 is 6.18. The van der Waals surface area contributed by atoms with E-state index < -0.39 is 0 Å². The lowest BCUT2D eigenvalue weighted by molar-refractivity contribution is -0.469. The number of aromatic nitrogens is 1. The largest absolute Gasteiger partial charge is 0.624 e. The van der Waals surface area contributed by atoms with Gasteiger partial charge in [0.15, 0.2) is 12.8 Å². The lowest BCUT2D eigenvalue weighted by Gasteiger charge is -2.06. The molecule has 0 amide bonds. The molecule has 0 atom stereocenters. The summed E-state index contributed by atoms with van der Waals surface area (Å²) in [7, 11) is 1.61. The summed E-state index contributed by atoms with van der Waals surface area (Å²) in [6.07, 6.45) is 1.46. The molecular weight excluding hydrogens is 312 g/mol. The number of halogens is 1. The molecule has 1 heterocycles. The predicted molar refractivity (Wildman–Crippen MR) is 92.2 cm³/mol. The van der Waals surface area contributed by atoms with Gasteiger partial charge in [-0.1, -0.05) is 41.9 Å². The molecule has 0 saturated heterocycles. The van der Waals surface area contributed by atoms with Crippen molar-refractivity contribution in [1.82, 2.24) is 4.98 Å². The molecule has 0 bridgehead atoms. The molecular formula is C18H15ClN2O2. The molecule has 5 heteroatoms. The van der Waals surface area contributed by atoms with Gasteiger partial charge in [-0.25, -0.2) is 9.72 Å². The van der Waals surface area contributed by atoms with E-state index >= 15 is 0 Å². The molecule has 0 N–H and O–H groups in total. The van der Waals surface area contributed by atoms with Crippen LogP contribution in [0.3, 0.4) is 0 Å². The lowest BCUT2D eigenvalue weighted by atomic mass is 10.1. The van der Waals surface area contributed by atoms with Gasteiger partial charge >= 0.3 is 0 Å². The first kappa shape index (κ1) is 15.3. The summed E-state index contributed by atoms with van der Waals surface area (Å²) in [5.41, 5.74) is 2.28. The molecule has 23 heavy (non-hydrogen) atoms. The highest BCUT2D eigenvalue weighted by atomic mass is 35.5. The highest BCUT2D eigenvalue weighted by Gasteiger charge is 2.08. The maximum atomic E-state index is 12.1. The van der Waals surface area contributed by atoms with Crippen molar-refractivity contribution in [3.8, 4) is 5.75 Å². The van der Waals surface area contributed by atoms with Crippen molar-refractivity contribution >= 4 is 28.7 Å². The van der Waals surface area contributed by atoms with Gasteiger partial charge < -0.3 is 9.94 Å². The minimum absolute atomic E-state index is 0.257. The number of hydrogen-bond acceptors (Lipinski definition) is 3. The minimum Gasteiger partial charge on any atom is -0.624 e. The number of hydroxylamine groups is 1. The molecule has 0 aliphatic rings. The molecule has 0 fully saturated rings. The molecule has 3 aromatic rings. The first-order valence-corrected chi connectivity index (χ1v) is 7.50. The Bertz CT molecular complexity index is 864. The molecule has 2 aromatic carbocycles. The fourth-order valence-corrected chi connectivity index (χ4v) is 2.52. The van der Waals surface area contributed by atoms with Crippen molar-refractivity contribution in [2.24, 2.45) is 0 Å². The van der Waals surface area contributed by atoms with Gasteiger partial charge in [0.05, 0.1) is 18.2 Å². The Morgan fingerprint density at radius 2 is 1.96 bits per heavy atom. The highest BCUT2D eigenvalue weighted by molar-refractivity contribution is 6.32. The van der Waals surface area contributed by atoms with E-state index in [-0.39, 0.29) is 6.54 Å². The van der Waals surface area contributed by atoms with E-state index in [4.69, 9.17) is 16.3 Å². The van der Waals surface area contributed by atoms with E-state index in [9.17, 15) is 5.21 Å². The van der Waals surface area contributed by atoms with E-state index in [2.05, 4.69) is 4.98 Å². The van der Waals surface area contributed by atoms with Crippen molar-refractivity contribution in [3.05, 3.63) is 76.1 Å². The molecule has 0 radical (unpaired) electrons. The summed E-state index contributed by atoms with van der Waals surface area (Å²) < 4.78 is 6.06. The number of ether oxygens (including phenoxy) is 1. The zero-order valence-corrected chi connectivity index (χ0v) is 13.3. The van der Waals surface area contributed by atoms with Crippen LogP contribution in [0.4, 0.5) is 0 Å². The predicted octanol–water partition coefficient (Wildman–Crippen LogP) is 4.03. The molecule has 0 aliphatic heterocycles. The number of pyridine rings is 1. The second-order valence-electron chi connectivity index (χ2n) is 5.12. The van der Waals surface area contributed by atoms with Gasteiger partial charge in [-0.15, -0.1) is 0 Å². The lowest BCUT2D eigenvalue weighted by Crippen LogP contribution is -2.06. The van der Waals surface area contributed by atoms with E-state index in [0.29, 0.717) is 10.7 Å². The van der Waals surface area contributed by atoms with E-state index in [1.807, 2.05) is 54.6 Å². The van der Waals surface area contributed by atoms with Crippen molar-refractivity contribution < 1.29 is 9.48 Å². The van der Waals surface area contributed by atoms with Gasteiger partial charge in [0.1, 0.15) is 10.9 Å². The van der Waals surface area contributed by atoms with Gasteiger partial charge in [-0.05, 0) is 24.3 Å². The summed E-state index contributed by atoms with van der Waals surface area (Å²) in [5.74, 6) is 0.732. The number of hydrogen-bond donors (Lipinski definition) is 0. The maximum absolute atomic E-state index is 12.1. The number of rotatable bonds is 4. The summed E-state index contributed by atoms with van der Waals surface area (Å²) in [5, 5.41) is 13.3. The van der Waals surface area contributed by atoms with Crippen LogP contribution in [0.2, 0.25) is 5.15 Å². The quantitative estimate of drug-likeness (QED) is 0.239. The summed E-state index contributed by atoms with van der Waals surface area (Å²) in [4.78, 5) is 4.32. The van der Waals surface area contributed by atoms with E-state index in [1.165, 1.54) is 6.21 Å². The first-order valence-electron chi connectivity index (χ1n) is 7.12. The summed E-state index contributed by atoms with van der Waals surface area (Å²) in [6, 6.07) is 16.9. The topological polar surface area (TPSA) is 48.2 Å². The normalized spacial score (nSPS) is 11.7. The van der Waals surface area contributed by atoms with Crippen molar-refractivity contribution in [1.29, 1.82) is 0 Å². The van der Waals surface area contributed by atoms with Crippen LogP contribution in [-0.2, 0) is 6.54 Å². The van der Waals surface area contributed by atoms with Crippen LogP contribution in [0.15, 0.2) is 54.6 Å². The minimum atomic E-state index is 0.257. The van der Waals surface area contributed by atoms with Gasteiger partial charge in [-0.3, -0.25) is 0 Å². The molecule has 0 saturated carbocycles. The number of fused-ring (bicyclic) bond motifs is 1. The highest BCUT2D eigenvalue weighted by Crippen LogP contribution is 2.23. The Morgan fingerprint density at radius 3 is 2.70 bits per heavy atom. The molecule has 0 unspecified atom stereocenters. The first-order chi connectivity index (χ1) is 11.2. The molecule has 0 spiro atoms. The van der Waals surface area contributed by atoms with E-state index in [0.717, 1.165) is 27.0 Å². The third kappa shape index (κ3) is 3.60. The van der Waals surface area contributed by atoms with Crippen LogP contribution >= 0.6 is 11.6 Å². The van der Waals surface area contributed by atoms with Crippen LogP contribution in [0.25, 0.3) is 10.9 Å². The average Bonchev–Trinajstić information content (AvgIpc) is 2.56. The van der Waals surface area contributed by atoms with Crippen molar-refractivity contribution in [2.45, 2.75) is 6.54 Å². The summed E-state index contributed by atoms with van der Waals surface area (Å²) in [6.45, 7) is 0.257. The van der Waals surface area contributed by atoms with Crippen molar-refractivity contribution in [2.75, 3.05) is 7.11 Å². The van der Waals surface area contributed by atoms with Crippen LogP contribution in [0.1, 0.15) is 11.1 Å². The maximum Gasteiger partial charge on any atom is 0.185 e. The SMILES string of the molecule is COc1ccc2nc(Cl)c(/C=[N+](\[O-])Cc3ccccc3)cc2c1. The molecule has 4 nitrogen and oxygen atoms in total. The van der Waals surface area contributed by atoms with Gasteiger partial charge in [0, 0.05) is 10.9 Å². The second kappa shape index (κ2) is 6.67. The Labute approximate surface area is 139 Å². The van der Waals surface area contributed by atoms with Crippen LogP contribution in [-0.4, -0.2) is 23.0 Å². The van der Waals surface area contributed by atoms with Crippen LogP contribution in [0.5, 0.6) is 5.75 Å². The number of methoxy groups -OCH3 is 1. The van der Waals surface area contributed by atoms with Gasteiger partial charge in [0.2, 0.25) is 0 Å². The third-order valence-corrected chi connectivity index (χ3v) is 3.77. The standard InChI is InChI=1S/C18H15ClN2O2/c1-23-16-7-8-17-14(10-16)9-15(18(19)20-17)12-21(22)11-13-5-3-2-4-6-13/h2-10,12H,11H2,1H3/b21-12-. The molecule has 3 rings (SSSR count). The van der Waals surface area contributed by atoms with Gasteiger partial charge in [0.25, 0.3) is 0 Å². The second-order valence-corrected chi connectivity index (χ2v) is 5.47. The number of nitrogens with zero attached hydrogens (tertiary/aromatic N) is 2. The average molecular weight is 327 g/mol. The van der Waals surface area contributed by atoms with Crippen LogP contribution in [0, 0.1) is 5.21 Å². The Balaban J connectivity index is 1.94. The van der Waals surface area contributed by atoms with Gasteiger partial charge in [-0.2, -0.15) is 0 Å². The third-order valence-electron chi connectivity index (χ3n) is 3.47. The Morgan fingerprint density at radius 1 is 1.17 bits per heavy atom. The molecule has 1 aromatic heterocycles. The van der Waals surface area contributed by atoms with Crippen molar-refractivity contribution in [3.63, 3.8) is 0 Å². The van der Waals surface area contributed by atoms with E-state index in [1.54, 1.807) is 7.11 Å². The monoisotopic (exact) mass is 326 g/mol. The number of benzene rings is 2. The zero-order chi connectivity index (χ0) is 16.2. The van der Waals surface area contributed by atoms with Crippen LogP contribution < -0.4 is 4.74 Å². The zero-order valence-electron chi connectivity index (χ0n) is 12.6. The molecule has 0 aliphatic carbocycles. The Hall–Kier alpha value is -2.59. The fraction of sp³-hybridized carbons (Fsp3) is 0.111.